The summed E-state index contributed by atoms with van der Waals surface area (Å²) >= 11 is 0. The lowest BCUT2D eigenvalue weighted by Gasteiger charge is -2.36. The lowest BCUT2D eigenvalue weighted by molar-refractivity contribution is 0.0521. The van der Waals surface area contributed by atoms with Gasteiger partial charge in [0, 0.05) is 30.2 Å². The smallest absolute Gasteiger partial charge is 0.274 e. The quantitative estimate of drug-likeness (QED) is 0.596. The number of pyridine rings is 3. The Balaban J connectivity index is 1.59. The molecule has 0 radical (unpaired) electrons. The molecule has 0 saturated heterocycles. The Bertz CT molecular complexity index is 1070. The third-order valence-corrected chi connectivity index (χ3v) is 5.79. The van der Waals surface area contributed by atoms with Crippen LogP contribution in [0.4, 0.5) is 10.1 Å². The maximum absolute atomic E-state index is 14.3. The minimum absolute atomic E-state index is 0.0475. The van der Waals surface area contributed by atoms with Gasteiger partial charge in [-0.3, -0.25) is 14.8 Å². The van der Waals surface area contributed by atoms with Crippen molar-refractivity contribution < 1.29 is 14.3 Å². The van der Waals surface area contributed by atoms with Crippen LogP contribution in [0, 0.1) is 11.7 Å². The van der Waals surface area contributed by atoms with E-state index in [-0.39, 0.29) is 29.3 Å². The number of rotatable bonds is 4. The van der Waals surface area contributed by atoms with Crippen molar-refractivity contribution in [2.24, 2.45) is 11.7 Å². The third kappa shape index (κ3) is 4.45. The molecule has 4 atom stereocenters. The molecule has 0 aromatic carbocycles. The third-order valence-electron chi connectivity index (χ3n) is 5.79. The highest BCUT2D eigenvalue weighted by molar-refractivity contribution is 6.03. The molecule has 0 aliphatic heterocycles. The van der Waals surface area contributed by atoms with E-state index in [2.05, 4.69) is 20.3 Å². The molecule has 0 unspecified atom stereocenters. The fourth-order valence-electron chi connectivity index (χ4n) is 4.15. The van der Waals surface area contributed by atoms with Crippen LogP contribution in [0.5, 0.6) is 0 Å². The Morgan fingerprint density at radius 1 is 1.16 bits per heavy atom. The molecule has 7 nitrogen and oxygen atoms in total. The second-order valence-corrected chi connectivity index (χ2v) is 7.99. The number of nitrogens with zero attached hydrogens (tertiary/aromatic N) is 3. The summed E-state index contributed by atoms with van der Waals surface area (Å²) in [6.45, 7) is 1.97. The van der Waals surface area contributed by atoms with Crippen LogP contribution < -0.4 is 11.1 Å². The summed E-state index contributed by atoms with van der Waals surface area (Å²) in [5.41, 5.74) is 8.22. The van der Waals surface area contributed by atoms with E-state index in [0.29, 0.717) is 17.7 Å². The molecular weight excluding hydrogens is 397 g/mol. The van der Waals surface area contributed by atoms with Crippen LogP contribution >= 0.6 is 0 Å². The molecule has 160 valence electrons. The zero-order valence-electron chi connectivity index (χ0n) is 17.1. The number of aliphatic hydroxyl groups excluding tert-OH is 1. The van der Waals surface area contributed by atoms with Gasteiger partial charge in [0.1, 0.15) is 17.2 Å². The topological polar surface area (TPSA) is 114 Å². The SMILES string of the molecule is C[C@H]1C[C@@H](c2ccncc2NC(=O)c2ccc(F)c(-c3cccnc3)n2)C[C@@H](N)[C@@H]1O. The van der Waals surface area contributed by atoms with Crippen molar-refractivity contribution in [3.05, 3.63) is 72.2 Å². The van der Waals surface area contributed by atoms with E-state index in [0.717, 1.165) is 12.0 Å². The number of aromatic nitrogens is 3. The Hall–Kier alpha value is -3.23. The average Bonchev–Trinajstić information content (AvgIpc) is 2.78. The number of amides is 1. The fraction of sp³-hybridized carbons (Fsp3) is 0.304. The van der Waals surface area contributed by atoms with Gasteiger partial charge in [0.25, 0.3) is 5.91 Å². The fourth-order valence-corrected chi connectivity index (χ4v) is 4.15. The predicted molar refractivity (Wildman–Crippen MR) is 115 cm³/mol. The largest absolute Gasteiger partial charge is 0.391 e. The molecule has 1 amide bonds. The first-order valence-electron chi connectivity index (χ1n) is 10.2. The maximum atomic E-state index is 14.3. The molecule has 4 rings (SSSR count). The standard InChI is InChI=1S/C23H24FN5O2/c1-13-9-15(10-18(25)22(13)30)16-6-8-27-12-20(16)29-23(31)19-5-4-17(24)21(28-19)14-3-2-7-26-11-14/h2-8,11-13,15,18,22,30H,9-10,25H2,1H3,(H,29,31)/t13-,15+,18+,22+/m0/s1. The first-order valence-corrected chi connectivity index (χ1v) is 10.2. The van der Waals surface area contributed by atoms with Crippen molar-refractivity contribution in [2.45, 2.75) is 37.8 Å². The van der Waals surface area contributed by atoms with Gasteiger partial charge in [-0.25, -0.2) is 9.37 Å². The van der Waals surface area contributed by atoms with Crippen LogP contribution in [0.25, 0.3) is 11.3 Å². The van der Waals surface area contributed by atoms with Crippen LogP contribution in [0.2, 0.25) is 0 Å². The van der Waals surface area contributed by atoms with E-state index in [9.17, 15) is 14.3 Å². The molecule has 3 heterocycles. The van der Waals surface area contributed by atoms with Gasteiger partial charge >= 0.3 is 0 Å². The Kier molecular flexibility index (Phi) is 6.01. The van der Waals surface area contributed by atoms with Gasteiger partial charge < -0.3 is 16.2 Å². The summed E-state index contributed by atoms with van der Waals surface area (Å²) in [5, 5.41) is 13.0. The van der Waals surface area contributed by atoms with Crippen LogP contribution in [0.3, 0.4) is 0 Å². The first kappa shape index (κ1) is 21.0. The van der Waals surface area contributed by atoms with Crippen LogP contribution in [0.1, 0.15) is 41.7 Å². The second kappa shape index (κ2) is 8.87. The number of aliphatic hydroxyl groups is 1. The summed E-state index contributed by atoms with van der Waals surface area (Å²) < 4.78 is 14.3. The lowest BCUT2D eigenvalue weighted by atomic mass is 9.74. The van der Waals surface area contributed by atoms with Gasteiger partial charge in [-0.1, -0.05) is 6.92 Å². The Morgan fingerprint density at radius 3 is 2.71 bits per heavy atom. The normalized spacial score (nSPS) is 23.4. The number of anilines is 1. The van der Waals surface area contributed by atoms with Crippen molar-refractivity contribution in [3.63, 3.8) is 0 Å². The number of hydrogen-bond acceptors (Lipinski definition) is 6. The van der Waals surface area contributed by atoms with E-state index in [1.54, 1.807) is 30.7 Å². The zero-order valence-corrected chi connectivity index (χ0v) is 17.1. The Labute approximate surface area is 179 Å². The average molecular weight is 421 g/mol. The lowest BCUT2D eigenvalue weighted by Crippen LogP contribution is -2.44. The van der Waals surface area contributed by atoms with Crippen LogP contribution in [-0.2, 0) is 0 Å². The molecule has 1 aliphatic carbocycles. The van der Waals surface area contributed by atoms with Crippen molar-refractivity contribution in [1.29, 1.82) is 0 Å². The van der Waals surface area contributed by atoms with E-state index in [4.69, 9.17) is 5.73 Å². The predicted octanol–water partition coefficient (Wildman–Crippen LogP) is 3.13. The van der Waals surface area contributed by atoms with Crippen molar-refractivity contribution in [2.75, 3.05) is 5.32 Å². The Morgan fingerprint density at radius 2 is 1.97 bits per heavy atom. The summed E-state index contributed by atoms with van der Waals surface area (Å²) in [7, 11) is 0. The van der Waals surface area contributed by atoms with E-state index >= 15 is 0 Å². The minimum Gasteiger partial charge on any atom is -0.391 e. The summed E-state index contributed by atoms with van der Waals surface area (Å²) in [4.78, 5) is 25.3. The molecule has 0 bridgehead atoms. The van der Waals surface area contributed by atoms with Gasteiger partial charge in [-0.15, -0.1) is 0 Å². The number of hydrogen-bond donors (Lipinski definition) is 3. The highest BCUT2D eigenvalue weighted by Crippen LogP contribution is 2.38. The highest BCUT2D eigenvalue weighted by atomic mass is 19.1. The van der Waals surface area contributed by atoms with E-state index < -0.39 is 17.8 Å². The van der Waals surface area contributed by atoms with Crippen molar-refractivity contribution >= 4 is 11.6 Å². The minimum atomic E-state index is -0.537. The van der Waals surface area contributed by atoms with Gasteiger partial charge in [0.05, 0.1) is 18.0 Å². The number of halogens is 1. The van der Waals surface area contributed by atoms with Crippen molar-refractivity contribution in [1.82, 2.24) is 15.0 Å². The van der Waals surface area contributed by atoms with Crippen molar-refractivity contribution in [3.8, 4) is 11.3 Å². The van der Waals surface area contributed by atoms with Gasteiger partial charge in [-0.05, 0) is 60.6 Å². The highest BCUT2D eigenvalue weighted by Gasteiger charge is 2.34. The van der Waals surface area contributed by atoms with Gasteiger partial charge in [-0.2, -0.15) is 0 Å². The summed E-state index contributed by atoms with van der Waals surface area (Å²) in [6.07, 6.45) is 7.15. The van der Waals surface area contributed by atoms with E-state index in [1.807, 2.05) is 13.0 Å². The summed E-state index contributed by atoms with van der Waals surface area (Å²) in [6, 6.07) is 7.45. The molecule has 1 aliphatic rings. The molecule has 1 fully saturated rings. The van der Waals surface area contributed by atoms with E-state index in [1.165, 1.54) is 18.3 Å². The monoisotopic (exact) mass is 421 g/mol. The molecule has 3 aromatic heterocycles. The number of nitrogens with one attached hydrogen (secondary N) is 1. The molecule has 0 spiro atoms. The number of carbonyl (C=O) groups excluding carboxylic acids is 1. The molecule has 8 heteroatoms. The molecule has 31 heavy (non-hydrogen) atoms. The maximum Gasteiger partial charge on any atom is 0.274 e. The van der Waals surface area contributed by atoms with Gasteiger partial charge in [0.2, 0.25) is 0 Å². The number of nitrogens with two attached hydrogens (primary N) is 1. The van der Waals surface area contributed by atoms with Crippen LogP contribution in [-0.4, -0.2) is 38.1 Å². The number of carbonyl (C=O) groups is 1. The molecule has 4 N–H and O–H groups in total. The molecule has 3 aromatic rings. The van der Waals surface area contributed by atoms with Crippen LogP contribution in [0.15, 0.2) is 55.1 Å². The summed E-state index contributed by atoms with van der Waals surface area (Å²) in [5.74, 6) is -0.868. The molecular formula is C23H24FN5O2. The first-order chi connectivity index (χ1) is 14.9. The second-order valence-electron chi connectivity index (χ2n) is 7.99. The zero-order chi connectivity index (χ0) is 22.0. The molecule has 1 saturated carbocycles. The van der Waals surface area contributed by atoms with Gasteiger partial charge in [0.15, 0.2) is 0 Å².